The van der Waals surface area contributed by atoms with Crippen LogP contribution in [0.25, 0.3) is 0 Å². The number of rotatable bonds is 3. The first-order valence-corrected chi connectivity index (χ1v) is 5.84. The number of hydrogen-bond donors (Lipinski definition) is 1. The molecule has 0 heterocycles. The van der Waals surface area contributed by atoms with Crippen LogP contribution in [0.15, 0.2) is 18.2 Å². The van der Waals surface area contributed by atoms with E-state index < -0.39 is 29.2 Å². The van der Waals surface area contributed by atoms with E-state index in [1.165, 1.54) is 0 Å². The maximum absolute atomic E-state index is 12.5. The zero-order chi connectivity index (χ0) is 16.0. The van der Waals surface area contributed by atoms with E-state index >= 15 is 0 Å². The topological polar surface area (TPSA) is 63.6 Å². The van der Waals surface area contributed by atoms with Crippen molar-refractivity contribution in [1.82, 2.24) is 0 Å². The molecule has 0 radical (unpaired) electrons. The zero-order valence-electron chi connectivity index (χ0n) is 11.0. The predicted octanol–water partition coefficient (Wildman–Crippen LogP) is 2.71. The standard InChI is InChI=1S/C14H11F3O4/c1-2-21-12(18)5-3-4-9-6-7-10(14(15,16)17)8-11(9)13(19)20/h6-8H,2,5H2,1H3,(H,19,20). The van der Waals surface area contributed by atoms with Crippen molar-refractivity contribution in [2.45, 2.75) is 19.5 Å². The number of alkyl halides is 3. The fourth-order valence-corrected chi connectivity index (χ4v) is 1.43. The van der Waals surface area contributed by atoms with Gasteiger partial charge in [-0.1, -0.05) is 11.8 Å². The Bertz CT molecular complexity index is 609. The molecule has 1 N–H and O–H groups in total. The highest BCUT2D eigenvalue weighted by atomic mass is 19.4. The number of carbonyl (C=O) groups excluding carboxylic acids is 1. The van der Waals surface area contributed by atoms with Crippen LogP contribution >= 0.6 is 0 Å². The van der Waals surface area contributed by atoms with Gasteiger partial charge in [-0.2, -0.15) is 13.2 Å². The van der Waals surface area contributed by atoms with Crippen molar-refractivity contribution in [2.75, 3.05) is 6.61 Å². The molecule has 0 aliphatic heterocycles. The summed E-state index contributed by atoms with van der Waals surface area (Å²) in [7, 11) is 0. The molecule has 0 aromatic heterocycles. The number of benzene rings is 1. The van der Waals surface area contributed by atoms with E-state index in [1.54, 1.807) is 6.92 Å². The Balaban J connectivity index is 3.06. The Labute approximate surface area is 118 Å². The van der Waals surface area contributed by atoms with Crippen molar-refractivity contribution in [1.29, 1.82) is 0 Å². The fourth-order valence-electron chi connectivity index (χ4n) is 1.43. The van der Waals surface area contributed by atoms with Gasteiger partial charge in [-0.05, 0) is 25.1 Å². The van der Waals surface area contributed by atoms with E-state index in [1.807, 2.05) is 0 Å². The van der Waals surface area contributed by atoms with Gasteiger partial charge in [-0.3, -0.25) is 4.79 Å². The molecular weight excluding hydrogens is 289 g/mol. The number of halogens is 3. The molecule has 0 amide bonds. The van der Waals surface area contributed by atoms with Crippen LogP contribution in [0, 0.1) is 11.8 Å². The first kappa shape index (κ1) is 16.6. The van der Waals surface area contributed by atoms with Crippen molar-refractivity contribution in [3.8, 4) is 11.8 Å². The van der Waals surface area contributed by atoms with Gasteiger partial charge >= 0.3 is 18.1 Å². The average molecular weight is 300 g/mol. The van der Waals surface area contributed by atoms with Crippen molar-refractivity contribution in [3.63, 3.8) is 0 Å². The first-order valence-electron chi connectivity index (χ1n) is 5.84. The predicted molar refractivity (Wildman–Crippen MR) is 66.5 cm³/mol. The number of aromatic carboxylic acids is 1. The maximum atomic E-state index is 12.5. The summed E-state index contributed by atoms with van der Waals surface area (Å²) in [5.74, 6) is 2.62. The summed E-state index contributed by atoms with van der Waals surface area (Å²) in [6.07, 6.45) is -4.91. The number of carboxylic acids is 1. The summed E-state index contributed by atoms with van der Waals surface area (Å²) in [5, 5.41) is 8.92. The second-order valence-corrected chi connectivity index (χ2v) is 3.85. The lowest BCUT2D eigenvalue weighted by molar-refractivity contribution is -0.142. The van der Waals surface area contributed by atoms with Crippen LogP contribution in [0.1, 0.15) is 34.8 Å². The SMILES string of the molecule is CCOC(=O)CC#Cc1ccc(C(F)(F)F)cc1C(=O)O. The van der Waals surface area contributed by atoms with Gasteiger partial charge in [0.1, 0.15) is 6.42 Å². The van der Waals surface area contributed by atoms with Crippen LogP contribution < -0.4 is 0 Å². The number of ether oxygens (including phenoxy) is 1. The van der Waals surface area contributed by atoms with Crippen LogP contribution in [-0.2, 0) is 15.7 Å². The summed E-state index contributed by atoms with van der Waals surface area (Å²) >= 11 is 0. The number of carboxylic acid groups (broad SMARTS) is 1. The van der Waals surface area contributed by atoms with Crippen molar-refractivity contribution in [3.05, 3.63) is 34.9 Å². The second kappa shape index (κ2) is 6.79. The summed E-state index contributed by atoms with van der Waals surface area (Å²) < 4.78 is 42.2. The van der Waals surface area contributed by atoms with E-state index in [2.05, 4.69) is 16.6 Å². The Morgan fingerprint density at radius 3 is 2.52 bits per heavy atom. The number of hydrogen-bond acceptors (Lipinski definition) is 3. The summed E-state index contributed by atoms with van der Waals surface area (Å²) in [4.78, 5) is 22.0. The van der Waals surface area contributed by atoms with Crippen LogP contribution in [0.4, 0.5) is 13.2 Å². The van der Waals surface area contributed by atoms with E-state index in [-0.39, 0.29) is 18.6 Å². The van der Waals surface area contributed by atoms with Crippen molar-refractivity contribution in [2.24, 2.45) is 0 Å². The fraction of sp³-hybridized carbons (Fsp3) is 0.286. The zero-order valence-corrected chi connectivity index (χ0v) is 11.0. The molecule has 112 valence electrons. The molecule has 1 aromatic carbocycles. The third-order valence-electron chi connectivity index (χ3n) is 2.34. The lowest BCUT2D eigenvalue weighted by Gasteiger charge is -2.08. The highest BCUT2D eigenvalue weighted by molar-refractivity contribution is 5.91. The lowest BCUT2D eigenvalue weighted by atomic mass is 10.0. The first-order chi connectivity index (χ1) is 9.75. The minimum absolute atomic E-state index is 0.0974. The van der Waals surface area contributed by atoms with Gasteiger partial charge in [0.05, 0.1) is 17.7 Å². The van der Waals surface area contributed by atoms with E-state index in [4.69, 9.17) is 5.11 Å². The highest BCUT2D eigenvalue weighted by Crippen LogP contribution is 2.30. The lowest BCUT2D eigenvalue weighted by Crippen LogP contribution is -2.09. The molecule has 0 spiro atoms. The molecule has 0 atom stereocenters. The molecule has 4 nitrogen and oxygen atoms in total. The molecule has 1 aromatic rings. The van der Waals surface area contributed by atoms with Gasteiger partial charge < -0.3 is 9.84 Å². The molecule has 21 heavy (non-hydrogen) atoms. The molecule has 1 rings (SSSR count). The van der Waals surface area contributed by atoms with E-state index in [0.717, 1.165) is 12.1 Å². The third-order valence-corrected chi connectivity index (χ3v) is 2.34. The Morgan fingerprint density at radius 1 is 1.33 bits per heavy atom. The van der Waals surface area contributed by atoms with Gasteiger partial charge in [0, 0.05) is 5.56 Å². The van der Waals surface area contributed by atoms with Crippen LogP contribution in [0.2, 0.25) is 0 Å². The molecular formula is C14H11F3O4. The molecule has 0 saturated carbocycles. The Kier molecular flexibility index (Phi) is 5.36. The molecule has 0 aliphatic carbocycles. The molecule has 0 aliphatic rings. The minimum Gasteiger partial charge on any atom is -0.478 e. The monoisotopic (exact) mass is 300 g/mol. The number of carbonyl (C=O) groups is 2. The van der Waals surface area contributed by atoms with Gasteiger partial charge in [-0.15, -0.1) is 0 Å². The largest absolute Gasteiger partial charge is 0.478 e. The molecule has 0 unspecified atom stereocenters. The van der Waals surface area contributed by atoms with Gasteiger partial charge in [0.15, 0.2) is 0 Å². The molecule has 0 fully saturated rings. The Morgan fingerprint density at radius 2 is 2.00 bits per heavy atom. The minimum atomic E-state index is -4.64. The van der Waals surface area contributed by atoms with E-state index in [9.17, 15) is 22.8 Å². The normalized spacial score (nSPS) is 10.5. The van der Waals surface area contributed by atoms with Crippen LogP contribution in [0.5, 0.6) is 0 Å². The highest BCUT2D eigenvalue weighted by Gasteiger charge is 2.31. The van der Waals surface area contributed by atoms with Crippen molar-refractivity contribution >= 4 is 11.9 Å². The van der Waals surface area contributed by atoms with Crippen LogP contribution in [-0.4, -0.2) is 23.7 Å². The maximum Gasteiger partial charge on any atom is 0.416 e. The third kappa shape index (κ3) is 4.84. The van der Waals surface area contributed by atoms with E-state index in [0.29, 0.717) is 6.07 Å². The molecule has 0 saturated heterocycles. The summed E-state index contributed by atoms with van der Waals surface area (Å²) in [6, 6.07) is 2.21. The summed E-state index contributed by atoms with van der Waals surface area (Å²) in [6.45, 7) is 1.80. The van der Waals surface area contributed by atoms with Crippen LogP contribution in [0.3, 0.4) is 0 Å². The second-order valence-electron chi connectivity index (χ2n) is 3.85. The Hall–Kier alpha value is -2.49. The van der Waals surface area contributed by atoms with Crippen molar-refractivity contribution < 1.29 is 32.6 Å². The number of esters is 1. The average Bonchev–Trinajstić information content (AvgIpc) is 2.37. The van der Waals surface area contributed by atoms with Gasteiger partial charge in [-0.25, -0.2) is 4.79 Å². The molecule has 0 bridgehead atoms. The summed E-state index contributed by atoms with van der Waals surface area (Å²) in [5.41, 5.74) is -1.74. The van der Waals surface area contributed by atoms with Gasteiger partial charge in [0.2, 0.25) is 0 Å². The molecule has 7 heteroatoms. The smallest absolute Gasteiger partial charge is 0.416 e. The quantitative estimate of drug-likeness (QED) is 0.688. The van der Waals surface area contributed by atoms with Gasteiger partial charge in [0.25, 0.3) is 0 Å².